The maximum Gasteiger partial charge on any atom is 0.410 e. The number of nitrogens with zero attached hydrogens (tertiary/aromatic N) is 2. The number of aliphatic imine (C=N–C) groups is 1. The molecule has 1 N–H and O–H groups in total. The molecule has 0 bridgehead atoms. The van der Waals surface area contributed by atoms with Gasteiger partial charge in [-0.3, -0.25) is 9.89 Å². The second-order valence-corrected chi connectivity index (χ2v) is 8.45. The minimum atomic E-state index is -0.452. The summed E-state index contributed by atoms with van der Waals surface area (Å²) in [5, 5.41) is 3.48. The van der Waals surface area contributed by atoms with Crippen molar-refractivity contribution in [2.24, 2.45) is 4.99 Å². The van der Waals surface area contributed by atoms with E-state index < -0.39 is 5.60 Å². The van der Waals surface area contributed by atoms with Gasteiger partial charge in [0, 0.05) is 17.8 Å². The molecule has 126 valence electrons. The third-order valence-electron chi connectivity index (χ3n) is 4.23. The second-order valence-electron chi connectivity index (χ2n) is 7.18. The third-order valence-corrected chi connectivity index (χ3v) is 5.65. The Labute approximate surface area is 138 Å². The first kappa shape index (κ1) is 17.4. The van der Waals surface area contributed by atoms with E-state index in [9.17, 15) is 4.79 Å². The summed E-state index contributed by atoms with van der Waals surface area (Å²) in [6.45, 7) is 8.43. The van der Waals surface area contributed by atoms with Crippen molar-refractivity contribution in [2.75, 3.05) is 32.4 Å². The van der Waals surface area contributed by atoms with Gasteiger partial charge in [-0.05, 0) is 39.9 Å². The molecule has 0 atom stereocenters. The highest BCUT2D eigenvalue weighted by Crippen LogP contribution is 2.39. The van der Waals surface area contributed by atoms with Crippen LogP contribution in [0.3, 0.4) is 0 Å². The van der Waals surface area contributed by atoms with E-state index in [4.69, 9.17) is 4.74 Å². The molecule has 0 saturated heterocycles. The van der Waals surface area contributed by atoms with Crippen molar-refractivity contribution < 1.29 is 9.53 Å². The van der Waals surface area contributed by atoms with E-state index in [1.807, 2.05) is 32.5 Å². The van der Waals surface area contributed by atoms with Crippen molar-refractivity contribution in [3.63, 3.8) is 0 Å². The molecule has 1 saturated carbocycles. The third kappa shape index (κ3) is 4.80. The number of amidine groups is 1. The molecule has 2 rings (SSSR count). The Morgan fingerprint density at radius 2 is 2.09 bits per heavy atom. The van der Waals surface area contributed by atoms with Crippen molar-refractivity contribution in [2.45, 2.75) is 56.8 Å². The summed E-state index contributed by atoms with van der Waals surface area (Å²) in [7, 11) is 0. The number of rotatable bonds is 3. The van der Waals surface area contributed by atoms with Gasteiger partial charge in [0.2, 0.25) is 0 Å². The van der Waals surface area contributed by atoms with E-state index in [-0.39, 0.29) is 6.09 Å². The van der Waals surface area contributed by atoms with Crippen LogP contribution < -0.4 is 5.32 Å². The van der Waals surface area contributed by atoms with Gasteiger partial charge < -0.3 is 10.1 Å². The first-order valence-electron chi connectivity index (χ1n) is 8.14. The van der Waals surface area contributed by atoms with E-state index in [0.29, 0.717) is 24.4 Å². The Kier molecular flexibility index (Phi) is 5.64. The van der Waals surface area contributed by atoms with Gasteiger partial charge in [0.05, 0.1) is 13.1 Å². The summed E-state index contributed by atoms with van der Waals surface area (Å²) < 4.78 is 5.79. The first-order chi connectivity index (χ1) is 10.3. The van der Waals surface area contributed by atoms with Crippen molar-refractivity contribution >= 4 is 23.7 Å². The zero-order valence-electron chi connectivity index (χ0n) is 14.3. The predicted molar refractivity (Wildman–Crippen MR) is 92.8 cm³/mol. The zero-order valence-corrected chi connectivity index (χ0v) is 15.1. The van der Waals surface area contributed by atoms with E-state index in [0.717, 1.165) is 12.4 Å². The zero-order chi connectivity index (χ0) is 16.2. The summed E-state index contributed by atoms with van der Waals surface area (Å²) in [5.41, 5.74) is -0.452. The minimum Gasteiger partial charge on any atom is -0.444 e. The Balaban J connectivity index is 1.85. The number of hydrogen-bond acceptors (Lipinski definition) is 5. The lowest BCUT2D eigenvalue weighted by Crippen LogP contribution is -2.49. The van der Waals surface area contributed by atoms with Gasteiger partial charge in [0.1, 0.15) is 11.4 Å². The molecule has 0 radical (unpaired) electrons. The van der Waals surface area contributed by atoms with Crippen LogP contribution in [0.25, 0.3) is 0 Å². The van der Waals surface area contributed by atoms with Crippen molar-refractivity contribution in [3.8, 4) is 0 Å². The molecular weight excluding hydrogens is 298 g/mol. The maximum atomic E-state index is 12.2. The Morgan fingerprint density at radius 3 is 2.68 bits per heavy atom. The van der Waals surface area contributed by atoms with Crippen LogP contribution in [-0.2, 0) is 4.74 Å². The van der Waals surface area contributed by atoms with Crippen LogP contribution in [0.1, 0.15) is 46.5 Å². The Hall–Kier alpha value is -0.910. The van der Waals surface area contributed by atoms with E-state index in [1.165, 1.54) is 25.7 Å². The molecule has 22 heavy (non-hydrogen) atoms. The molecular formula is C16H29N3O2S. The normalized spacial score (nSPS) is 21.5. The topological polar surface area (TPSA) is 53.9 Å². The van der Waals surface area contributed by atoms with E-state index >= 15 is 0 Å². The molecule has 1 fully saturated rings. The van der Waals surface area contributed by atoms with E-state index in [2.05, 4.69) is 16.6 Å². The minimum absolute atomic E-state index is 0.248. The number of hydrogen-bond donors (Lipinski definition) is 1. The van der Waals surface area contributed by atoms with Crippen LogP contribution in [0.4, 0.5) is 4.79 Å². The van der Waals surface area contributed by atoms with Crippen LogP contribution in [0, 0.1) is 0 Å². The van der Waals surface area contributed by atoms with Crippen molar-refractivity contribution in [3.05, 3.63) is 0 Å². The van der Waals surface area contributed by atoms with Gasteiger partial charge in [-0.2, -0.15) is 11.8 Å². The van der Waals surface area contributed by atoms with Gasteiger partial charge in [-0.15, -0.1) is 0 Å². The molecule has 0 unspecified atom stereocenters. The number of ether oxygens (including phenoxy) is 1. The fourth-order valence-electron chi connectivity index (χ4n) is 2.95. The molecule has 0 aromatic heterocycles. The molecule has 1 aliphatic heterocycles. The molecule has 1 amide bonds. The average Bonchev–Trinajstić information content (AvgIpc) is 2.93. The molecule has 6 heteroatoms. The van der Waals surface area contributed by atoms with Gasteiger partial charge in [0.25, 0.3) is 0 Å². The van der Waals surface area contributed by atoms with Gasteiger partial charge in [-0.1, -0.05) is 12.8 Å². The molecule has 0 aromatic rings. The Bertz CT molecular complexity index is 426. The predicted octanol–water partition coefficient (Wildman–Crippen LogP) is 2.90. The monoisotopic (exact) mass is 327 g/mol. The summed E-state index contributed by atoms with van der Waals surface area (Å²) >= 11 is 1.96. The van der Waals surface area contributed by atoms with Crippen molar-refractivity contribution in [1.82, 2.24) is 10.2 Å². The summed E-state index contributed by atoms with van der Waals surface area (Å²) in [5.74, 6) is 0.914. The number of amides is 1. The maximum absolute atomic E-state index is 12.2. The van der Waals surface area contributed by atoms with Crippen LogP contribution in [0.2, 0.25) is 0 Å². The van der Waals surface area contributed by atoms with Crippen molar-refractivity contribution in [1.29, 1.82) is 0 Å². The lowest BCUT2D eigenvalue weighted by Gasteiger charge is -2.32. The SMILES string of the molecule is CSC1(CNC2=NCCN(C(=O)OC(C)(C)C)C2)CCCC1. The molecule has 5 nitrogen and oxygen atoms in total. The highest BCUT2D eigenvalue weighted by atomic mass is 32.2. The molecule has 0 spiro atoms. The standard InChI is InChI=1S/C16H29N3O2S/c1-15(2,3)21-14(20)19-10-9-17-13(11-19)18-12-16(22-4)7-5-6-8-16/h5-12H2,1-4H3,(H,17,18). The second kappa shape index (κ2) is 7.11. The summed E-state index contributed by atoms with van der Waals surface area (Å²) in [6, 6.07) is 0. The molecule has 1 aliphatic carbocycles. The fraction of sp³-hybridized carbons (Fsp3) is 0.875. The number of carbonyl (C=O) groups excluding carboxylic acids is 1. The lowest BCUT2D eigenvalue weighted by molar-refractivity contribution is 0.0276. The van der Waals surface area contributed by atoms with Gasteiger partial charge in [0.15, 0.2) is 0 Å². The quantitative estimate of drug-likeness (QED) is 0.866. The van der Waals surface area contributed by atoms with Gasteiger partial charge in [-0.25, -0.2) is 4.79 Å². The Morgan fingerprint density at radius 1 is 1.41 bits per heavy atom. The van der Waals surface area contributed by atoms with Crippen LogP contribution >= 0.6 is 11.8 Å². The fourth-order valence-corrected chi connectivity index (χ4v) is 3.86. The average molecular weight is 327 g/mol. The van der Waals surface area contributed by atoms with E-state index in [1.54, 1.807) is 4.90 Å². The number of thioether (sulfide) groups is 1. The first-order valence-corrected chi connectivity index (χ1v) is 9.36. The van der Waals surface area contributed by atoms with Crippen LogP contribution in [0.15, 0.2) is 4.99 Å². The smallest absolute Gasteiger partial charge is 0.410 e. The molecule has 0 aromatic carbocycles. The highest BCUT2D eigenvalue weighted by molar-refractivity contribution is 8.00. The highest BCUT2D eigenvalue weighted by Gasteiger charge is 2.33. The van der Waals surface area contributed by atoms with Crippen LogP contribution in [-0.4, -0.2) is 59.6 Å². The largest absolute Gasteiger partial charge is 0.444 e. The summed E-state index contributed by atoms with van der Waals surface area (Å²) in [4.78, 5) is 18.4. The molecule has 2 aliphatic rings. The molecule has 1 heterocycles. The van der Waals surface area contributed by atoms with Crippen LogP contribution in [0.5, 0.6) is 0 Å². The lowest BCUT2D eigenvalue weighted by atomic mass is 10.1. The number of nitrogens with one attached hydrogen (secondary N) is 1. The van der Waals surface area contributed by atoms with Gasteiger partial charge >= 0.3 is 6.09 Å². The summed E-state index contributed by atoms with van der Waals surface area (Å²) in [6.07, 6.45) is 7.12. The number of carbonyl (C=O) groups is 1.